The highest BCUT2D eigenvalue weighted by atomic mass is 35.5. The van der Waals surface area contributed by atoms with Crippen molar-refractivity contribution in [2.75, 3.05) is 40.5 Å². The highest BCUT2D eigenvalue weighted by Gasteiger charge is 2.19. The van der Waals surface area contributed by atoms with Gasteiger partial charge in [-0.05, 0) is 36.0 Å². The van der Waals surface area contributed by atoms with E-state index in [-0.39, 0.29) is 0 Å². The van der Waals surface area contributed by atoms with E-state index < -0.39 is 0 Å². The third-order valence-electron chi connectivity index (χ3n) is 3.59. The first-order valence-electron chi connectivity index (χ1n) is 7.13. The summed E-state index contributed by atoms with van der Waals surface area (Å²) in [7, 11) is 3.47. The topological polar surface area (TPSA) is 30.5 Å². The molecule has 20 heavy (non-hydrogen) atoms. The predicted molar refractivity (Wildman–Crippen MR) is 84.6 cm³/mol. The maximum atomic E-state index is 6.12. The highest BCUT2D eigenvalue weighted by Crippen LogP contribution is 2.28. The monoisotopic (exact) mass is 299 g/mol. The van der Waals surface area contributed by atoms with E-state index in [2.05, 4.69) is 24.4 Å². The lowest BCUT2D eigenvalue weighted by molar-refractivity contribution is 0.172. The summed E-state index contributed by atoms with van der Waals surface area (Å²) < 4.78 is 10.3. The molecule has 0 saturated carbocycles. The second-order valence-electron chi connectivity index (χ2n) is 5.12. The summed E-state index contributed by atoms with van der Waals surface area (Å²) in [5.74, 6) is 0.962. The summed E-state index contributed by atoms with van der Waals surface area (Å²) in [5, 5.41) is 4.25. The molecule has 3 nitrogen and oxygen atoms in total. The number of halogens is 1. The molecule has 0 aliphatic carbocycles. The fraction of sp³-hybridized carbons (Fsp3) is 0.625. The fourth-order valence-electron chi connectivity index (χ4n) is 2.32. The Balaban J connectivity index is 2.67. The lowest BCUT2D eigenvalue weighted by atomic mass is 9.85. The van der Waals surface area contributed by atoms with E-state index in [4.69, 9.17) is 21.1 Å². The second-order valence-corrected chi connectivity index (χ2v) is 5.55. The average molecular weight is 300 g/mol. The van der Waals surface area contributed by atoms with Crippen LogP contribution in [0.3, 0.4) is 0 Å². The zero-order chi connectivity index (χ0) is 14.8. The normalized spacial score (nSPS) is 14.2. The predicted octanol–water partition coefficient (Wildman–Crippen LogP) is 3.33. The quantitative estimate of drug-likeness (QED) is 0.672. The van der Waals surface area contributed by atoms with Crippen molar-refractivity contribution in [1.29, 1.82) is 0 Å². The largest absolute Gasteiger partial charge is 0.385 e. The zero-order valence-corrected chi connectivity index (χ0v) is 13.5. The SMILES string of the molecule is COCCNCC(c1cccc(Cl)c1)C(C)CCOC. The van der Waals surface area contributed by atoms with Crippen LogP contribution >= 0.6 is 11.6 Å². The molecule has 0 bridgehead atoms. The number of hydrogen-bond acceptors (Lipinski definition) is 3. The lowest BCUT2D eigenvalue weighted by Crippen LogP contribution is -2.28. The van der Waals surface area contributed by atoms with Crippen LogP contribution in [0.25, 0.3) is 0 Å². The van der Waals surface area contributed by atoms with Gasteiger partial charge in [-0.15, -0.1) is 0 Å². The molecule has 0 radical (unpaired) electrons. The van der Waals surface area contributed by atoms with Crippen molar-refractivity contribution in [3.05, 3.63) is 34.9 Å². The molecular formula is C16H26ClNO2. The number of hydrogen-bond donors (Lipinski definition) is 1. The Morgan fingerprint density at radius 2 is 1.95 bits per heavy atom. The van der Waals surface area contributed by atoms with Crippen LogP contribution in [0.5, 0.6) is 0 Å². The van der Waals surface area contributed by atoms with E-state index in [0.717, 1.165) is 37.7 Å². The molecule has 0 aromatic heterocycles. The molecule has 0 fully saturated rings. The second kappa shape index (κ2) is 10.2. The van der Waals surface area contributed by atoms with Gasteiger partial charge in [0.2, 0.25) is 0 Å². The van der Waals surface area contributed by atoms with E-state index in [0.29, 0.717) is 11.8 Å². The summed E-state index contributed by atoms with van der Waals surface area (Å²) >= 11 is 6.12. The van der Waals surface area contributed by atoms with Crippen LogP contribution in [0, 0.1) is 5.92 Å². The van der Waals surface area contributed by atoms with Crippen molar-refractivity contribution in [1.82, 2.24) is 5.32 Å². The molecule has 1 N–H and O–H groups in total. The van der Waals surface area contributed by atoms with E-state index in [1.54, 1.807) is 14.2 Å². The summed E-state index contributed by atoms with van der Waals surface area (Å²) in [4.78, 5) is 0. The molecule has 0 heterocycles. The average Bonchev–Trinajstić information content (AvgIpc) is 2.45. The Morgan fingerprint density at radius 3 is 2.60 bits per heavy atom. The number of methoxy groups -OCH3 is 2. The van der Waals surface area contributed by atoms with Gasteiger partial charge in [0, 0.05) is 38.9 Å². The standard InChI is InChI=1S/C16H26ClNO2/c1-13(7-9-19-2)16(12-18-8-10-20-3)14-5-4-6-15(17)11-14/h4-6,11,13,16,18H,7-10,12H2,1-3H3. The van der Waals surface area contributed by atoms with E-state index >= 15 is 0 Å². The number of ether oxygens (including phenoxy) is 2. The maximum Gasteiger partial charge on any atom is 0.0587 e. The van der Waals surface area contributed by atoms with Gasteiger partial charge in [-0.3, -0.25) is 0 Å². The van der Waals surface area contributed by atoms with Crippen LogP contribution in [0.4, 0.5) is 0 Å². The minimum atomic E-state index is 0.431. The minimum absolute atomic E-state index is 0.431. The molecule has 1 aromatic carbocycles. The number of rotatable bonds is 10. The molecule has 4 heteroatoms. The molecule has 0 spiro atoms. The van der Waals surface area contributed by atoms with E-state index in [1.807, 2.05) is 12.1 Å². The number of benzene rings is 1. The van der Waals surface area contributed by atoms with Crippen molar-refractivity contribution >= 4 is 11.6 Å². The molecular weight excluding hydrogens is 274 g/mol. The van der Waals surface area contributed by atoms with Crippen LogP contribution in [-0.2, 0) is 9.47 Å². The van der Waals surface area contributed by atoms with Crippen molar-refractivity contribution in [2.45, 2.75) is 19.3 Å². The molecule has 114 valence electrons. The molecule has 1 aromatic rings. The van der Waals surface area contributed by atoms with Gasteiger partial charge >= 0.3 is 0 Å². The lowest BCUT2D eigenvalue weighted by Gasteiger charge is -2.25. The Morgan fingerprint density at radius 1 is 1.20 bits per heavy atom. The third kappa shape index (κ3) is 6.23. The van der Waals surface area contributed by atoms with Gasteiger partial charge in [-0.25, -0.2) is 0 Å². The summed E-state index contributed by atoms with van der Waals surface area (Å²) in [6.07, 6.45) is 1.04. The number of nitrogens with one attached hydrogen (secondary N) is 1. The minimum Gasteiger partial charge on any atom is -0.385 e. The van der Waals surface area contributed by atoms with Gasteiger partial charge < -0.3 is 14.8 Å². The summed E-state index contributed by atoms with van der Waals surface area (Å²) in [5.41, 5.74) is 1.28. The Hall–Kier alpha value is -0.610. The third-order valence-corrected chi connectivity index (χ3v) is 3.82. The summed E-state index contributed by atoms with van der Waals surface area (Å²) in [6, 6.07) is 8.15. The van der Waals surface area contributed by atoms with Gasteiger partial charge in [0.1, 0.15) is 0 Å². The molecule has 0 saturated heterocycles. The van der Waals surface area contributed by atoms with Crippen molar-refractivity contribution in [3.63, 3.8) is 0 Å². The highest BCUT2D eigenvalue weighted by molar-refractivity contribution is 6.30. The summed E-state index contributed by atoms with van der Waals surface area (Å²) in [6.45, 7) is 5.58. The van der Waals surface area contributed by atoms with Crippen molar-refractivity contribution < 1.29 is 9.47 Å². The molecule has 0 aliphatic rings. The van der Waals surface area contributed by atoms with Crippen molar-refractivity contribution in [3.8, 4) is 0 Å². The van der Waals surface area contributed by atoms with Gasteiger partial charge in [-0.1, -0.05) is 30.7 Å². The van der Waals surface area contributed by atoms with Crippen LogP contribution in [0.2, 0.25) is 5.02 Å². The van der Waals surface area contributed by atoms with Gasteiger partial charge in [0.25, 0.3) is 0 Å². The van der Waals surface area contributed by atoms with Crippen LogP contribution in [0.1, 0.15) is 24.8 Å². The Kier molecular flexibility index (Phi) is 8.86. The van der Waals surface area contributed by atoms with Gasteiger partial charge in [0.15, 0.2) is 0 Å². The molecule has 2 unspecified atom stereocenters. The molecule has 0 amide bonds. The Labute approximate surface area is 127 Å². The first kappa shape index (κ1) is 17.4. The van der Waals surface area contributed by atoms with Crippen molar-refractivity contribution in [2.24, 2.45) is 5.92 Å². The van der Waals surface area contributed by atoms with E-state index in [1.165, 1.54) is 5.56 Å². The smallest absolute Gasteiger partial charge is 0.0587 e. The van der Waals surface area contributed by atoms with Crippen LogP contribution in [-0.4, -0.2) is 40.5 Å². The first-order chi connectivity index (χ1) is 9.69. The zero-order valence-electron chi connectivity index (χ0n) is 12.7. The Bertz CT molecular complexity index is 373. The maximum absolute atomic E-state index is 6.12. The molecule has 0 aliphatic heterocycles. The van der Waals surface area contributed by atoms with Gasteiger partial charge in [0.05, 0.1) is 6.61 Å². The van der Waals surface area contributed by atoms with Gasteiger partial charge in [-0.2, -0.15) is 0 Å². The first-order valence-corrected chi connectivity index (χ1v) is 7.51. The van der Waals surface area contributed by atoms with Crippen LogP contribution in [0.15, 0.2) is 24.3 Å². The van der Waals surface area contributed by atoms with E-state index in [9.17, 15) is 0 Å². The fourth-order valence-corrected chi connectivity index (χ4v) is 2.52. The molecule has 2 atom stereocenters. The van der Waals surface area contributed by atoms with Crippen LogP contribution < -0.4 is 5.32 Å². The molecule has 1 rings (SSSR count).